The molecule has 0 radical (unpaired) electrons. The highest BCUT2D eigenvalue weighted by Gasteiger charge is 2.02. The third-order valence-electron chi connectivity index (χ3n) is 0.969. The number of allylic oxidation sites excluding steroid dienone is 4. The standard InChI is InChI=1S/C6H5ClN2/c7-5-3-4(8)1-2-6(5)9/h1-3,8-9H. The molecule has 1 aliphatic carbocycles. The SMILES string of the molecule is N=C1C=CC(=N)C(Cl)=C1. The third kappa shape index (κ3) is 1.27. The lowest BCUT2D eigenvalue weighted by molar-refractivity contribution is 1.50. The Balaban J connectivity index is 2.95. The van der Waals surface area contributed by atoms with Crippen LogP contribution in [-0.2, 0) is 0 Å². The van der Waals surface area contributed by atoms with E-state index in [4.69, 9.17) is 22.4 Å². The topological polar surface area (TPSA) is 47.7 Å². The largest absolute Gasteiger partial charge is 0.301 e. The maximum absolute atomic E-state index is 7.10. The maximum atomic E-state index is 7.10. The van der Waals surface area contributed by atoms with E-state index in [9.17, 15) is 0 Å². The van der Waals surface area contributed by atoms with Crippen molar-refractivity contribution in [1.29, 1.82) is 10.8 Å². The fourth-order valence-corrected chi connectivity index (χ4v) is 0.696. The van der Waals surface area contributed by atoms with E-state index in [2.05, 4.69) is 0 Å². The second-order valence-electron chi connectivity index (χ2n) is 1.69. The van der Waals surface area contributed by atoms with Gasteiger partial charge in [0, 0.05) is 0 Å². The number of hydrogen-bond acceptors (Lipinski definition) is 2. The summed E-state index contributed by atoms with van der Waals surface area (Å²) >= 11 is 5.51. The molecule has 0 saturated carbocycles. The summed E-state index contributed by atoms with van der Waals surface area (Å²) in [7, 11) is 0. The normalized spacial score (nSPS) is 18.1. The fraction of sp³-hybridized carbons (Fsp3) is 0. The summed E-state index contributed by atoms with van der Waals surface area (Å²) in [6.07, 6.45) is 4.49. The Morgan fingerprint density at radius 2 is 1.89 bits per heavy atom. The summed E-state index contributed by atoms with van der Waals surface area (Å²) in [6, 6.07) is 0. The lowest BCUT2D eigenvalue weighted by Crippen LogP contribution is -2.00. The van der Waals surface area contributed by atoms with Crippen molar-refractivity contribution < 1.29 is 0 Å². The van der Waals surface area contributed by atoms with Crippen molar-refractivity contribution in [3.8, 4) is 0 Å². The second kappa shape index (κ2) is 2.15. The van der Waals surface area contributed by atoms with E-state index in [1.807, 2.05) is 0 Å². The minimum absolute atomic E-state index is 0.271. The molecule has 46 valence electrons. The van der Waals surface area contributed by atoms with Gasteiger partial charge in [0.2, 0.25) is 0 Å². The number of nitrogens with one attached hydrogen (secondary N) is 2. The van der Waals surface area contributed by atoms with Gasteiger partial charge < -0.3 is 5.41 Å². The molecule has 0 unspecified atom stereocenters. The first-order valence-corrected chi connectivity index (χ1v) is 2.80. The lowest BCUT2D eigenvalue weighted by atomic mass is 10.1. The van der Waals surface area contributed by atoms with E-state index >= 15 is 0 Å². The van der Waals surface area contributed by atoms with Crippen molar-refractivity contribution >= 4 is 23.0 Å². The molecule has 0 aromatic heterocycles. The van der Waals surface area contributed by atoms with E-state index < -0.39 is 0 Å². The van der Waals surface area contributed by atoms with Gasteiger partial charge in [-0.3, -0.25) is 5.41 Å². The quantitative estimate of drug-likeness (QED) is 0.482. The van der Waals surface area contributed by atoms with E-state index in [1.165, 1.54) is 18.2 Å². The minimum atomic E-state index is 0.271. The zero-order valence-corrected chi connectivity index (χ0v) is 5.37. The Morgan fingerprint density at radius 1 is 1.22 bits per heavy atom. The van der Waals surface area contributed by atoms with E-state index in [1.54, 1.807) is 0 Å². The molecule has 3 heteroatoms. The Bertz CT molecular complexity index is 225. The highest BCUT2D eigenvalue weighted by atomic mass is 35.5. The first-order valence-electron chi connectivity index (χ1n) is 2.43. The van der Waals surface area contributed by atoms with Crippen LogP contribution >= 0.6 is 11.6 Å². The van der Waals surface area contributed by atoms with Crippen LogP contribution in [0.4, 0.5) is 0 Å². The summed E-state index contributed by atoms with van der Waals surface area (Å²) < 4.78 is 0. The Kier molecular flexibility index (Phi) is 1.49. The van der Waals surface area contributed by atoms with Crippen LogP contribution in [0.15, 0.2) is 23.3 Å². The van der Waals surface area contributed by atoms with Crippen molar-refractivity contribution in [2.24, 2.45) is 0 Å². The lowest BCUT2D eigenvalue weighted by Gasteiger charge is -2.00. The summed E-state index contributed by atoms with van der Waals surface area (Å²) in [5.74, 6) is 0. The van der Waals surface area contributed by atoms with E-state index in [0.29, 0.717) is 10.7 Å². The molecule has 0 aromatic carbocycles. The van der Waals surface area contributed by atoms with Crippen LogP contribution < -0.4 is 0 Å². The van der Waals surface area contributed by atoms with Gasteiger partial charge in [0.05, 0.1) is 16.5 Å². The van der Waals surface area contributed by atoms with Crippen molar-refractivity contribution in [3.63, 3.8) is 0 Å². The molecular weight excluding hydrogens is 136 g/mol. The highest BCUT2D eigenvalue weighted by molar-refractivity contribution is 6.47. The molecule has 2 nitrogen and oxygen atoms in total. The first kappa shape index (κ1) is 6.23. The van der Waals surface area contributed by atoms with Crippen LogP contribution in [0, 0.1) is 10.8 Å². The molecule has 0 aliphatic heterocycles. The molecule has 0 aromatic rings. The number of halogens is 1. The van der Waals surface area contributed by atoms with Gasteiger partial charge in [-0.15, -0.1) is 0 Å². The predicted molar refractivity (Wildman–Crippen MR) is 38.5 cm³/mol. The van der Waals surface area contributed by atoms with Crippen molar-refractivity contribution in [2.45, 2.75) is 0 Å². The monoisotopic (exact) mass is 140 g/mol. The molecule has 0 amide bonds. The van der Waals surface area contributed by atoms with Gasteiger partial charge in [-0.1, -0.05) is 11.6 Å². The van der Waals surface area contributed by atoms with E-state index in [-0.39, 0.29) is 5.71 Å². The van der Waals surface area contributed by atoms with Crippen LogP contribution in [0.25, 0.3) is 0 Å². The van der Waals surface area contributed by atoms with Gasteiger partial charge in [-0.05, 0) is 18.2 Å². The highest BCUT2D eigenvalue weighted by Crippen LogP contribution is 2.08. The van der Waals surface area contributed by atoms with Crippen LogP contribution in [0.5, 0.6) is 0 Å². The van der Waals surface area contributed by atoms with Gasteiger partial charge in [0.25, 0.3) is 0 Å². The van der Waals surface area contributed by atoms with Crippen molar-refractivity contribution in [3.05, 3.63) is 23.3 Å². The second-order valence-corrected chi connectivity index (χ2v) is 2.10. The molecule has 0 bridgehead atoms. The number of hydrogen-bond donors (Lipinski definition) is 2. The molecule has 0 saturated heterocycles. The summed E-state index contributed by atoms with van der Waals surface area (Å²) in [5.41, 5.74) is 0.615. The van der Waals surface area contributed by atoms with Crippen LogP contribution in [0.2, 0.25) is 0 Å². The molecule has 1 aliphatic rings. The molecule has 9 heavy (non-hydrogen) atoms. The van der Waals surface area contributed by atoms with Gasteiger partial charge in [0.1, 0.15) is 0 Å². The van der Waals surface area contributed by atoms with Gasteiger partial charge in [0.15, 0.2) is 0 Å². The first-order chi connectivity index (χ1) is 4.20. The molecule has 1 rings (SSSR count). The molecule has 0 spiro atoms. The molecular formula is C6H5ClN2. The van der Waals surface area contributed by atoms with Crippen LogP contribution in [0.1, 0.15) is 0 Å². The average Bonchev–Trinajstić information content (AvgIpc) is 1.80. The van der Waals surface area contributed by atoms with Crippen molar-refractivity contribution in [1.82, 2.24) is 0 Å². The summed E-state index contributed by atoms with van der Waals surface area (Å²) in [5, 5.41) is 14.5. The van der Waals surface area contributed by atoms with Crippen LogP contribution in [-0.4, -0.2) is 11.4 Å². The molecule has 2 N–H and O–H groups in total. The smallest absolute Gasteiger partial charge is 0.0727 e. The zero-order chi connectivity index (χ0) is 6.85. The van der Waals surface area contributed by atoms with Gasteiger partial charge >= 0.3 is 0 Å². The molecule has 0 atom stereocenters. The Morgan fingerprint density at radius 3 is 2.33 bits per heavy atom. The van der Waals surface area contributed by atoms with Gasteiger partial charge in [-0.2, -0.15) is 0 Å². The van der Waals surface area contributed by atoms with E-state index in [0.717, 1.165) is 0 Å². The zero-order valence-electron chi connectivity index (χ0n) is 4.61. The predicted octanol–water partition coefficient (Wildman–Crippen LogP) is 1.72. The molecule has 0 heterocycles. The summed E-state index contributed by atoms with van der Waals surface area (Å²) in [4.78, 5) is 0. The Labute approximate surface area is 57.9 Å². The van der Waals surface area contributed by atoms with Gasteiger partial charge in [-0.25, -0.2) is 0 Å². The number of rotatable bonds is 0. The third-order valence-corrected chi connectivity index (χ3v) is 1.28. The molecule has 0 fully saturated rings. The maximum Gasteiger partial charge on any atom is 0.0727 e. The van der Waals surface area contributed by atoms with Crippen molar-refractivity contribution in [2.75, 3.05) is 0 Å². The fourth-order valence-electron chi connectivity index (χ4n) is 0.515. The summed E-state index contributed by atoms with van der Waals surface area (Å²) in [6.45, 7) is 0. The Hall–Kier alpha value is -0.890. The van der Waals surface area contributed by atoms with Crippen LogP contribution in [0.3, 0.4) is 0 Å². The average molecular weight is 141 g/mol. The minimum Gasteiger partial charge on any atom is -0.301 e.